The number of nitrogens with two attached hydrogens (primary N) is 2. The minimum Gasteiger partial charge on any atom is -0.480 e. The third-order valence-electron chi connectivity index (χ3n) is 3.72. The highest BCUT2D eigenvalue weighted by atomic mass is 19.4. The second-order valence-corrected chi connectivity index (χ2v) is 5.97. The van der Waals surface area contributed by atoms with Crippen molar-refractivity contribution >= 4 is 17.8 Å². The van der Waals surface area contributed by atoms with E-state index in [1.807, 2.05) is 5.32 Å². The lowest BCUT2D eigenvalue weighted by molar-refractivity contribution is -0.139. The van der Waals surface area contributed by atoms with Gasteiger partial charge in [-0.05, 0) is 42.3 Å². The molecule has 0 saturated carbocycles. The number of benzene rings is 2. The van der Waals surface area contributed by atoms with Gasteiger partial charge in [0.1, 0.15) is 17.5 Å². The van der Waals surface area contributed by atoms with Gasteiger partial charge in [-0.2, -0.15) is 13.2 Å². The number of carboxylic acid groups (broad SMARTS) is 1. The summed E-state index contributed by atoms with van der Waals surface area (Å²) in [4.78, 5) is 22.6. The Morgan fingerprint density at radius 1 is 1.17 bits per heavy atom. The first kappa shape index (κ1) is 21.7. The molecule has 8 nitrogen and oxygen atoms in total. The van der Waals surface area contributed by atoms with Crippen LogP contribution in [-0.2, 0) is 17.4 Å². The maximum atomic E-state index is 13.4. The van der Waals surface area contributed by atoms with Gasteiger partial charge in [-0.25, -0.2) is 0 Å². The number of carboxylic acids is 1. The first-order valence-electron chi connectivity index (χ1n) is 8.09. The lowest BCUT2D eigenvalue weighted by Crippen LogP contribution is -2.35. The van der Waals surface area contributed by atoms with Crippen molar-refractivity contribution in [2.24, 2.45) is 11.5 Å². The number of hydrogen-bond donors (Lipinski definition) is 5. The number of nitrogens with one attached hydrogen (secondary N) is 2. The Bertz CT molecular complexity index is 930. The van der Waals surface area contributed by atoms with Gasteiger partial charge in [-0.1, -0.05) is 12.1 Å². The average molecular weight is 410 g/mol. The molecule has 0 aromatic heterocycles. The molecule has 2 aromatic carbocycles. The first-order chi connectivity index (χ1) is 13.5. The highest BCUT2D eigenvalue weighted by molar-refractivity contribution is 6.04. The van der Waals surface area contributed by atoms with E-state index < -0.39 is 41.4 Å². The summed E-state index contributed by atoms with van der Waals surface area (Å²) in [6.45, 7) is 0. The van der Waals surface area contributed by atoms with Gasteiger partial charge in [0.2, 0.25) is 0 Å². The highest BCUT2D eigenvalue weighted by Crippen LogP contribution is 2.38. The van der Waals surface area contributed by atoms with E-state index in [0.29, 0.717) is 11.6 Å². The van der Waals surface area contributed by atoms with Crippen LogP contribution in [0.15, 0.2) is 42.5 Å². The van der Waals surface area contributed by atoms with Gasteiger partial charge in [0.15, 0.2) is 5.96 Å². The summed E-state index contributed by atoms with van der Waals surface area (Å²) in [7, 11) is 0. The Hall–Kier alpha value is -3.60. The predicted octanol–water partition coefficient (Wildman–Crippen LogP) is 2.08. The number of alkyl halides is 3. The molecule has 0 fully saturated rings. The molecule has 0 spiro atoms. The van der Waals surface area contributed by atoms with Crippen LogP contribution in [-0.4, -0.2) is 29.0 Å². The van der Waals surface area contributed by atoms with Crippen molar-refractivity contribution in [3.8, 4) is 11.5 Å². The zero-order chi connectivity index (χ0) is 21.8. The minimum absolute atomic E-state index is 0.0450. The number of carbonyl (C=O) groups is 2. The molecule has 7 N–H and O–H groups in total. The Morgan fingerprint density at radius 2 is 1.79 bits per heavy atom. The van der Waals surface area contributed by atoms with Gasteiger partial charge in [-0.15, -0.1) is 0 Å². The van der Waals surface area contributed by atoms with Crippen molar-refractivity contribution in [2.45, 2.75) is 18.6 Å². The van der Waals surface area contributed by atoms with E-state index in [1.165, 1.54) is 24.3 Å². The maximum absolute atomic E-state index is 13.4. The largest absolute Gasteiger partial charge is 0.480 e. The molecule has 2 rings (SSSR count). The molecule has 0 aliphatic carbocycles. The van der Waals surface area contributed by atoms with Crippen LogP contribution in [0.2, 0.25) is 0 Å². The maximum Gasteiger partial charge on any atom is 0.420 e. The van der Waals surface area contributed by atoms with Crippen LogP contribution >= 0.6 is 0 Å². The van der Waals surface area contributed by atoms with E-state index in [2.05, 4.69) is 0 Å². The summed E-state index contributed by atoms with van der Waals surface area (Å²) < 4.78 is 45.5. The van der Waals surface area contributed by atoms with Crippen LogP contribution < -0.4 is 21.5 Å². The monoisotopic (exact) mass is 410 g/mol. The van der Waals surface area contributed by atoms with Gasteiger partial charge in [-0.3, -0.25) is 20.3 Å². The lowest BCUT2D eigenvalue weighted by atomic mass is 10.1. The molecular weight excluding hydrogens is 393 g/mol. The van der Waals surface area contributed by atoms with Crippen LogP contribution in [0.25, 0.3) is 0 Å². The van der Waals surface area contributed by atoms with E-state index in [9.17, 15) is 22.8 Å². The van der Waals surface area contributed by atoms with Crippen molar-refractivity contribution in [1.29, 1.82) is 5.41 Å². The van der Waals surface area contributed by atoms with E-state index in [0.717, 1.165) is 12.1 Å². The Balaban J connectivity index is 2.26. The van der Waals surface area contributed by atoms with Crippen LogP contribution in [0, 0.1) is 5.41 Å². The molecule has 2 aromatic rings. The number of rotatable bonds is 6. The Labute approximate surface area is 162 Å². The smallest absolute Gasteiger partial charge is 0.420 e. The van der Waals surface area contributed by atoms with Crippen molar-refractivity contribution in [3.63, 3.8) is 0 Å². The fourth-order valence-electron chi connectivity index (χ4n) is 2.34. The number of halogens is 3. The number of carbonyl (C=O) groups excluding carboxylic acids is 1. The van der Waals surface area contributed by atoms with Crippen LogP contribution in [0.4, 0.5) is 13.2 Å². The fourth-order valence-corrected chi connectivity index (χ4v) is 2.34. The first-order valence-corrected chi connectivity index (χ1v) is 8.09. The summed E-state index contributed by atoms with van der Waals surface area (Å²) in [5, 5.41) is 17.7. The SMILES string of the molecule is N=C(N)NC(=O)c1ccc(Oc2ccc(C[C@H](N)C(=O)O)cc2)c(C(F)(F)F)c1. The molecule has 0 bridgehead atoms. The van der Waals surface area contributed by atoms with E-state index in [1.54, 1.807) is 0 Å². The molecule has 11 heteroatoms. The molecule has 0 radical (unpaired) electrons. The van der Waals surface area contributed by atoms with E-state index in [-0.39, 0.29) is 17.7 Å². The van der Waals surface area contributed by atoms with Crippen molar-refractivity contribution in [2.75, 3.05) is 0 Å². The molecular formula is C18H17F3N4O4. The number of ether oxygens (including phenoxy) is 1. The zero-order valence-electron chi connectivity index (χ0n) is 14.8. The standard InChI is InChI=1S/C18H17F3N4O4/c19-18(20,21)12-8-10(15(26)25-17(23)24)3-6-14(12)29-11-4-1-9(2-5-11)7-13(22)16(27)28/h1-6,8,13H,7,22H2,(H,27,28)(H4,23,24,25,26)/t13-/m0/s1. The summed E-state index contributed by atoms with van der Waals surface area (Å²) in [5.41, 5.74) is 9.48. The van der Waals surface area contributed by atoms with E-state index >= 15 is 0 Å². The molecule has 0 aliphatic heterocycles. The Kier molecular flexibility index (Phi) is 6.44. The zero-order valence-corrected chi connectivity index (χ0v) is 14.8. The molecule has 0 unspecified atom stereocenters. The third kappa shape index (κ3) is 5.94. The summed E-state index contributed by atoms with van der Waals surface area (Å²) >= 11 is 0. The summed E-state index contributed by atoms with van der Waals surface area (Å²) in [6.07, 6.45) is -4.76. The molecule has 1 amide bonds. The van der Waals surface area contributed by atoms with Gasteiger partial charge < -0.3 is 21.3 Å². The minimum atomic E-state index is -4.81. The second kappa shape index (κ2) is 8.61. The fraction of sp³-hybridized carbons (Fsp3) is 0.167. The van der Waals surface area contributed by atoms with Crippen LogP contribution in [0.5, 0.6) is 11.5 Å². The lowest BCUT2D eigenvalue weighted by Gasteiger charge is -2.15. The topological polar surface area (TPSA) is 152 Å². The van der Waals surface area contributed by atoms with Gasteiger partial charge in [0.05, 0.1) is 5.56 Å². The normalized spacial score (nSPS) is 12.1. The molecule has 0 aliphatic rings. The molecule has 154 valence electrons. The summed E-state index contributed by atoms with van der Waals surface area (Å²) in [5.74, 6) is -3.30. The van der Waals surface area contributed by atoms with E-state index in [4.69, 9.17) is 26.7 Å². The third-order valence-corrected chi connectivity index (χ3v) is 3.72. The quantitative estimate of drug-likeness (QED) is 0.363. The summed E-state index contributed by atoms with van der Waals surface area (Å²) in [6, 6.07) is 7.29. The number of amides is 1. The molecule has 0 heterocycles. The van der Waals surface area contributed by atoms with Gasteiger partial charge in [0.25, 0.3) is 5.91 Å². The van der Waals surface area contributed by atoms with Gasteiger partial charge >= 0.3 is 12.1 Å². The van der Waals surface area contributed by atoms with Crippen molar-refractivity contribution in [1.82, 2.24) is 5.32 Å². The average Bonchev–Trinajstić information content (AvgIpc) is 2.62. The molecule has 29 heavy (non-hydrogen) atoms. The number of guanidine groups is 1. The van der Waals surface area contributed by atoms with Crippen molar-refractivity contribution < 1.29 is 32.6 Å². The van der Waals surface area contributed by atoms with Crippen molar-refractivity contribution in [3.05, 3.63) is 59.2 Å². The number of aliphatic carboxylic acids is 1. The van der Waals surface area contributed by atoms with Crippen LogP contribution in [0.3, 0.4) is 0 Å². The Morgan fingerprint density at radius 3 is 2.31 bits per heavy atom. The van der Waals surface area contributed by atoms with Gasteiger partial charge in [0, 0.05) is 5.56 Å². The molecule has 1 atom stereocenters. The highest BCUT2D eigenvalue weighted by Gasteiger charge is 2.35. The van der Waals surface area contributed by atoms with Crippen LogP contribution in [0.1, 0.15) is 21.5 Å². The second-order valence-electron chi connectivity index (χ2n) is 5.97. The number of hydrogen-bond acceptors (Lipinski definition) is 5. The predicted molar refractivity (Wildman–Crippen MR) is 96.7 cm³/mol. The molecule has 0 saturated heterocycles.